The molecule has 0 saturated heterocycles. The molecule has 1 heterocycles. The van der Waals surface area contributed by atoms with Gasteiger partial charge in [-0.05, 0) is 24.7 Å². The molecule has 1 unspecified atom stereocenters. The van der Waals surface area contributed by atoms with Crippen molar-refractivity contribution in [3.05, 3.63) is 47.9 Å². The van der Waals surface area contributed by atoms with E-state index in [-0.39, 0.29) is 13.2 Å². The Morgan fingerprint density at radius 3 is 2.70 bits per heavy atom. The van der Waals surface area contributed by atoms with Gasteiger partial charge in [-0.25, -0.2) is 0 Å². The van der Waals surface area contributed by atoms with Crippen molar-refractivity contribution in [2.75, 3.05) is 32.6 Å². The van der Waals surface area contributed by atoms with Crippen LogP contribution in [-0.4, -0.2) is 48.4 Å². The number of nitrogens with one attached hydrogen (secondary N) is 1. The standard InChI is InChI=1S/C16H23NO4.CH4S/c18-8-4-7-16(19)12-17-9-15(21-13-16)11-20-10-14-5-2-1-3-6-14;1-2/h1-3,5-6,9,17-19H,4,7-8,10-13H2;2H,1H3. The summed E-state index contributed by atoms with van der Waals surface area (Å²) < 4.78 is 11.2. The summed E-state index contributed by atoms with van der Waals surface area (Å²) in [7, 11) is 0. The topological polar surface area (TPSA) is 71.0 Å². The van der Waals surface area contributed by atoms with Gasteiger partial charge in [0, 0.05) is 19.4 Å². The number of benzene rings is 1. The zero-order valence-corrected chi connectivity index (χ0v) is 14.5. The predicted octanol–water partition coefficient (Wildman–Crippen LogP) is 1.71. The van der Waals surface area contributed by atoms with Gasteiger partial charge in [0.25, 0.3) is 0 Å². The second-order valence-corrected chi connectivity index (χ2v) is 5.31. The molecule has 1 aliphatic heterocycles. The maximum atomic E-state index is 10.3. The van der Waals surface area contributed by atoms with Gasteiger partial charge < -0.3 is 25.0 Å². The lowest BCUT2D eigenvalue weighted by Crippen LogP contribution is -2.42. The summed E-state index contributed by atoms with van der Waals surface area (Å²) in [5.41, 5.74) is 0.166. The molecule has 0 aliphatic carbocycles. The molecule has 2 rings (SSSR count). The van der Waals surface area contributed by atoms with E-state index in [9.17, 15) is 5.11 Å². The summed E-state index contributed by atoms with van der Waals surface area (Å²) in [6.07, 6.45) is 4.49. The summed E-state index contributed by atoms with van der Waals surface area (Å²) >= 11 is 3.53. The van der Waals surface area contributed by atoms with Crippen LogP contribution < -0.4 is 5.32 Å². The van der Waals surface area contributed by atoms with Gasteiger partial charge in [-0.15, -0.1) is 0 Å². The van der Waals surface area contributed by atoms with Gasteiger partial charge in [-0.1, -0.05) is 30.3 Å². The lowest BCUT2D eigenvalue weighted by atomic mass is 9.99. The lowest BCUT2D eigenvalue weighted by molar-refractivity contribution is -0.0346. The second kappa shape index (κ2) is 11.3. The van der Waals surface area contributed by atoms with Crippen LogP contribution in [0.3, 0.4) is 0 Å². The molecule has 0 aromatic heterocycles. The molecule has 0 spiro atoms. The van der Waals surface area contributed by atoms with Gasteiger partial charge >= 0.3 is 0 Å². The van der Waals surface area contributed by atoms with Gasteiger partial charge in [0.1, 0.15) is 24.6 Å². The van der Waals surface area contributed by atoms with Crippen LogP contribution in [0.25, 0.3) is 0 Å². The van der Waals surface area contributed by atoms with Gasteiger partial charge in [0.15, 0.2) is 0 Å². The first-order valence-corrected chi connectivity index (χ1v) is 8.56. The molecule has 0 fully saturated rings. The SMILES string of the molecule is CS.OCCCC1(O)CNC=C(COCc2ccccc2)OC1. The Bertz CT molecular complexity index is 455. The fraction of sp³-hybridized carbons (Fsp3) is 0.529. The number of β-amino-alcohol motifs (C(OH)–C–C–N with tert-alkyl or cyclic N) is 1. The third-order valence-corrected chi connectivity index (χ3v) is 3.38. The Morgan fingerprint density at radius 2 is 2.00 bits per heavy atom. The maximum absolute atomic E-state index is 10.3. The zero-order valence-electron chi connectivity index (χ0n) is 13.6. The summed E-state index contributed by atoms with van der Waals surface area (Å²) in [5.74, 6) is 0.672. The third-order valence-electron chi connectivity index (χ3n) is 3.38. The molecule has 0 saturated carbocycles. The van der Waals surface area contributed by atoms with Crippen molar-refractivity contribution in [3.8, 4) is 0 Å². The number of aliphatic hydroxyl groups is 2. The first-order valence-electron chi connectivity index (χ1n) is 7.67. The second-order valence-electron chi connectivity index (χ2n) is 5.31. The van der Waals surface area contributed by atoms with Crippen molar-refractivity contribution >= 4 is 12.6 Å². The fourth-order valence-electron chi connectivity index (χ4n) is 2.17. The number of ether oxygens (including phenoxy) is 2. The Balaban J connectivity index is 0.00000127. The average Bonchev–Trinajstić information content (AvgIpc) is 2.78. The Hall–Kier alpha value is -1.21. The molecule has 3 N–H and O–H groups in total. The van der Waals surface area contributed by atoms with E-state index in [0.717, 1.165) is 5.56 Å². The van der Waals surface area contributed by atoms with Crippen LogP contribution in [0, 0.1) is 0 Å². The highest BCUT2D eigenvalue weighted by molar-refractivity contribution is 7.79. The molecule has 6 heteroatoms. The summed E-state index contributed by atoms with van der Waals surface area (Å²) in [6, 6.07) is 9.94. The summed E-state index contributed by atoms with van der Waals surface area (Å²) in [6.45, 7) is 1.58. The highest BCUT2D eigenvalue weighted by atomic mass is 32.1. The quantitative estimate of drug-likeness (QED) is 0.569. The number of aliphatic hydroxyl groups excluding tert-OH is 1. The predicted molar refractivity (Wildman–Crippen MR) is 94.3 cm³/mol. The number of hydrogen-bond acceptors (Lipinski definition) is 6. The minimum atomic E-state index is -0.944. The molecule has 23 heavy (non-hydrogen) atoms. The van der Waals surface area contributed by atoms with Crippen LogP contribution in [0.4, 0.5) is 0 Å². The molecule has 0 amide bonds. The Morgan fingerprint density at radius 1 is 1.26 bits per heavy atom. The van der Waals surface area contributed by atoms with Gasteiger partial charge in [0.2, 0.25) is 0 Å². The Kier molecular flexibility index (Phi) is 9.78. The molecule has 1 aliphatic rings. The van der Waals surface area contributed by atoms with Gasteiger partial charge in [-0.3, -0.25) is 0 Å². The third kappa shape index (κ3) is 7.74. The van der Waals surface area contributed by atoms with Crippen LogP contribution in [0.5, 0.6) is 0 Å². The summed E-state index contributed by atoms with van der Waals surface area (Å²) in [4.78, 5) is 0. The van der Waals surface area contributed by atoms with E-state index in [1.165, 1.54) is 0 Å². The molecular formula is C17H27NO4S. The number of thiol groups is 1. The first kappa shape index (κ1) is 19.8. The highest BCUT2D eigenvalue weighted by Gasteiger charge is 2.29. The minimum Gasteiger partial charge on any atom is -0.491 e. The minimum absolute atomic E-state index is 0.0722. The van der Waals surface area contributed by atoms with Crippen molar-refractivity contribution in [1.82, 2.24) is 5.32 Å². The molecule has 5 nitrogen and oxygen atoms in total. The van der Waals surface area contributed by atoms with Gasteiger partial charge in [-0.2, -0.15) is 12.6 Å². The largest absolute Gasteiger partial charge is 0.491 e. The first-order chi connectivity index (χ1) is 11.2. The molecule has 0 radical (unpaired) electrons. The summed E-state index contributed by atoms with van der Waals surface area (Å²) in [5, 5.41) is 22.2. The van der Waals surface area contributed by atoms with E-state index in [0.29, 0.717) is 38.4 Å². The molecule has 1 aromatic rings. The number of hydrogen-bond donors (Lipinski definition) is 4. The molecular weight excluding hydrogens is 314 g/mol. The smallest absolute Gasteiger partial charge is 0.137 e. The number of rotatable bonds is 7. The van der Waals surface area contributed by atoms with Crippen LogP contribution in [0.2, 0.25) is 0 Å². The normalized spacial score (nSPS) is 20.3. The van der Waals surface area contributed by atoms with Crippen LogP contribution >= 0.6 is 12.6 Å². The van der Waals surface area contributed by atoms with E-state index < -0.39 is 5.60 Å². The van der Waals surface area contributed by atoms with E-state index in [1.807, 2.05) is 30.3 Å². The molecule has 1 atom stereocenters. The zero-order chi connectivity index (χ0) is 17.0. The van der Waals surface area contributed by atoms with Crippen LogP contribution in [0.15, 0.2) is 42.3 Å². The van der Waals surface area contributed by atoms with Crippen molar-refractivity contribution < 1.29 is 19.7 Å². The van der Waals surface area contributed by atoms with E-state index in [4.69, 9.17) is 14.6 Å². The van der Waals surface area contributed by atoms with Crippen molar-refractivity contribution in [1.29, 1.82) is 0 Å². The van der Waals surface area contributed by atoms with Crippen molar-refractivity contribution in [2.45, 2.75) is 25.0 Å². The molecule has 130 valence electrons. The molecule has 1 aromatic carbocycles. The molecule has 0 bridgehead atoms. The van der Waals surface area contributed by atoms with Crippen LogP contribution in [-0.2, 0) is 16.1 Å². The maximum Gasteiger partial charge on any atom is 0.137 e. The van der Waals surface area contributed by atoms with Crippen molar-refractivity contribution in [3.63, 3.8) is 0 Å². The Labute approximate surface area is 143 Å². The van der Waals surface area contributed by atoms with Gasteiger partial charge in [0.05, 0.1) is 6.61 Å². The highest BCUT2D eigenvalue weighted by Crippen LogP contribution is 2.17. The van der Waals surface area contributed by atoms with E-state index in [1.54, 1.807) is 12.5 Å². The average molecular weight is 341 g/mol. The fourth-order valence-corrected chi connectivity index (χ4v) is 2.17. The monoisotopic (exact) mass is 341 g/mol. The van der Waals surface area contributed by atoms with Crippen LogP contribution in [0.1, 0.15) is 18.4 Å². The van der Waals surface area contributed by atoms with Crippen molar-refractivity contribution in [2.24, 2.45) is 0 Å². The lowest BCUT2D eigenvalue weighted by Gasteiger charge is -2.25. The van der Waals surface area contributed by atoms with E-state index >= 15 is 0 Å². The van der Waals surface area contributed by atoms with E-state index in [2.05, 4.69) is 17.9 Å².